The zero-order chi connectivity index (χ0) is 25.4. The van der Waals surface area contributed by atoms with Gasteiger partial charge in [-0.05, 0) is 67.0 Å². The molecule has 0 radical (unpaired) electrons. The van der Waals surface area contributed by atoms with Crippen LogP contribution in [0.5, 0.6) is 5.75 Å². The van der Waals surface area contributed by atoms with Gasteiger partial charge in [-0.15, -0.1) is 0 Å². The molecule has 0 aliphatic heterocycles. The van der Waals surface area contributed by atoms with E-state index in [2.05, 4.69) is 27.9 Å². The predicted octanol–water partition coefficient (Wildman–Crippen LogP) is 2.74. The number of aliphatic hydroxyl groups is 2. The third-order valence-corrected chi connectivity index (χ3v) is 7.49. The highest BCUT2D eigenvalue weighted by molar-refractivity contribution is 14.1. The lowest BCUT2D eigenvalue weighted by atomic mass is 9.87. The number of rotatable bonds is 11. The summed E-state index contributed by atoms with van der Waals surface area (Å²) in [6.07, 6.45) is 4.69. The van der Waals surface area contributed by atoms with Crippen LogP contribution < -0.4 is 10.1 Å². The number of nitrogens with one attached hydrogen (secondary N) is 1. The molecule has 2 aliphatic rings. The Morgan fingerprint density at radius 3 is 2.54 bits per heavy atom. The number of aliphatic hydroxyl groups excluding tert-OH is 2. The molecule has 3 unspecified atom stereocenters. The van der Waals surface area contributed by atoms with Gasteiger partial charge in [0.25, 0.3) is 0 Å². The van der Waals surface area contributed by atoms with E-state index in [1.54, 1.807) is 17.0 Å². The molecule has 2 aliphatic carbocycles. The first-order chi connectivity index (χ1) is 16.8. The average Bonchev–Trinajstić information content (AvgIpc) is 3.35. The van der Waals surface area contributed by atoms with Crippen molar-refractivity contribution < 1.29 is 29.3 Å². The molecule has 3 rings (SSSR count). The quantitative estimate of drug-likeness (QED) is 0.338. The van der Waals surface area contributed by atoms with Crippen molar-refractivity contribution >= 4 is 40.2 Å². The zero-order valence-corrected chi connectivity index (χ0v) is 22.3. The molecule has 1 aromatic rings. The van der Waals surface area contributed by atoms with Gasteiger partial charge in [-0.25, -0.2) is 0 Å². The summed E-state index contributed by atoms with van der Waals surface area (Å²) in [4.78, 5) is 39.5. The summed E-state index contributed by atoms with van der Waals surface area (Å²) in [5.41, 5.74) is 0.421. The number of para-hydroxylation sites is 1. The standard InChI is InChI=1S/C26H35IN2O6/c1-17(31)7-6-12-24(32)29(19-8-2-3-9-19)21-15-18(26(34)28-13-14-30)16-23(25(21)33)35-22-11-5-4-10-20(22)27/h4-5,10-11,16,19,21,23,25,30,33H,2-3,6-9,12-15H2,1H3,(H,28,34). The highest BCUT2D eigenvalue weighted by atomic mass is 127. The van der Waals surface area contributed by atoms with Gasteiger partial charge in [0.05, 0.1) is 16.2 Å². The van der Waals surface area contributed by atoms with Gasteiger partial charge in [0.15, 0.2) is 0 Å². The molecule has 0 spiro atoms. The van der Waals surface area contributed by atoms with Crippen molar-refractivity contribution in [3.63, 3.8) is 0 Å². The van der Waals surface area contributed by atoms with E-state index in [1.165, 1.54) is 6.92 Å². The Morgan fingerprint density at radius 2 is 1.89 bits per heavy atom. The van der Waals surface area contributed by atoms with Crippen molar-refractivity contribution in [2.24, 2.45) is 0 Å². The van der Waals surface area contributed by atoms with Gasteiger partial charge in [-0.1, -0.05) is 25.0 Å². The molecule has 3 atom stereocenters. The Morgan fingerprint density at radius 1 is 1.17 bits per heavy atom. The third kappa shape index (κ3) is 7.50. The second kappa shape index (κ2) is 13.4. The molecule has 0 aromatic heterocycles. The number of benzene rings is 1. The van der Waals surface area contributed by atoms with E-state index in [0.29, 0.717) is 24.2 Å². The van der Waals surface area contributed by atoms with E-state index < -0.39 is 18.2 Å². The number of halogens is 1. The Bertz CT molecular complexity index is 930. The monoisotopic (exact) mass is 598 g/mol. The number of hydrogen-bond donors (Lipinski definition) is 3. The molecule has 8 nitrogen and oxygen atoms in total. The van der Waals surface area contributed by atoms with Crippen molar-refractivity contribution in [1.82, 2.24) is 10.2 Å². The minimum atomic E-state index is -1.03. The number of nitrogens with zero attached hydrogens (tertiary/aromatic N) is 1. The molecular weight excluding hydrogens is 563 g/mol. The fraction of sp³-hybridized carbons (Fsp3) is 0.577. The molecule has 1 fully saturated rings. The zero-order valence-electron chi connectivity index (χ0n) is 20.1. The first kappa shape index (κ1) is 27.6. The minimum Gasteiger partial charge on any atom is -0.482 e. The highest BCUT2D eigenvalue weighted by Crippen LogP contribution is 2.34. The third-order valence-electron chi connectivity index (χ3n) is 6.60. The summed E-state index contributed by atoms with van der Waals surface area (Å²) in [5, 5.41) is 23.3. The molecule has 0 heterocycles. The summed E-state index contributed by atoms with van der Waals surface area (Å²) < 4.78 is 7.04. The van der Waals surface area contributed by atoms with Crippen LogP contribution >= 0.6 is 22.6 Å². The van der Waals surface area contributed by atoms with Crippen molar-refractivity contribution in [2.75, 3.05) is 13.2 Å². The molecule has 0 saturated heterocycles. The van der Waals surface area contributed by atoms with Gasteiger partial charge in [-0.2, -0.15) is 0 Å². The largest absolute Gasteiger partial charge is 0.482 e. The van der Waals surface area contributed by atoms with Crippen LogP contribution in [0.1, 0.15) is 58.3 Å². The Labute approximate surface area is 220 Å². The molecule has 3 N–H and O–H groups in total. The maximum atomic E-state index is 13.4. The van der Waals surface area contributed by atoms with Crippen LogP contribution in [-0.4, -0.2) is 70.2 Å². The van der Waals surface area contributed by atoms with Crippen LogP contribution in [0.4, 0.5) is 0 Å². The summed E-state index contributed by atoms with van der Waals surface area (Å²) in [7, 11) is 0. The lowest BCUT2D eigenvalue weighted by Gasteiger charge is -2.43. The highest BCUT2D eigenvalue weighted by Gasteiger charge is 2.43. The second-order valence-corrected chi connectivity index (χ2v) is 10.4. The molecule has 1 saturated carbocycles. The normalized spacial score (nSPS) is 22.4. The molecule has 192 valence electrons. The second-order valence-electron chi connectivity index (χ2n) is 9.24. The van der Waals surface area contributed by atoms with Crippen LogP contribution in [0.3, 0.4) is 0 Å². The van der Waals surface area contributed by atoms with Crippen molar-refractivity contribution in [3.8, 4) is 5.75 Å². The van der Waals surface area contributed by atoms with Crippen molar-refractivity contribution in [3.05, 3.63) is 39.5 Å². The maximum absolute atomic E-state index is 13.4. The van der Waals surface area contributed by atoms with Gasteiger partial charge in [0, 0.05) is 37.4 Å². The van der Waals surface area contributed by atoms with E-state index >= 15 is 0 Å². The predicted molar refractivity (Wildman–Crippen MR) is 140 cm³/mol. The lowest BCUT2D eigenvalue weighted by molar-refractivity contribution is -0.142. The number of ether oxygens (including phenoxy) is 1. The summed E-state index contributed by atoms with van der Waals surface area (Å²) >= 11 is 2.15. The van der Waals surface area contributed by atoms with Gasteiger partial charge in [0.1, 0.15) is 23.7 Å². The molecule has 1 aromatic carbocycles. The summed E-state index contributed by atoms with van der Waals surface area (Å²) in [6, 6.07) is 6.78. The van der Waals surface area contributed by atoms with Gasteiger partial charge >= 0.3 is 0 Å². The van der Waals surface area contributed by atoms with Crippen molar-refractivity contribution in [2.45, 2.75) is 82.6 Å². The van der Waals surface area contributed by atoms with E-state index in [-0.39, 0.29) is 49.6 Å². The van der Waals surface area contributed by atoms with Crippen LogP contribution in [-0.2, 0) is 14.4 Å². The maximum Gasteiger partial charge on any atom is 0.247 e. The lowest BCUT2D eigenvalue weighted by Crippen LogP contribution is -2.57. The summed E-state index contributed by atoms with van der Waals surface area (Å²) in [5.74, 6) is 0.180. The minimum absolute atomic E-state index is 0.0168. The van der Waals surface area contributed by atoms with Gasteiger partial charge in [0.2, 0.25) is 11.8 Å². The van der Waals surface area contributed by atoms with Crippen LogP contribution in [0.15, 0.2) is 35.9 Å². The Hall–Kier alpha value is -1.98. The number of amides is 2. The summed E-state index contributed by atoms with van der Waals surface area (Å²) in [6.45, 7) is 1.44. The van der Waals surface area contributed by atoms with Crippen LogP contribution in [0.2, 0.25) is 0 Å². The number of ketones is 1. The van der Waals surface area contributed by atoms with E-state index in [9.17, 15) is 19.5 Å². The smallest absolute Gasteiger partial charge is 0.247 e. The molecule has 0 bridgehead atoms. The Balaban J connectivity index is 1.90. The average molecular weight is 598 g/mol. The fourth-order valence-corrected chi connectivity index (χ4v) is 5.41. The van der Waals surface area contributed by atoms with E-state index in [1.807, 2.05) is 18.2 Å². The van der Waals surface area contributed by atoms with Gasteiger partial charge < -0.3 is 30.0 Å². The van der Waals surface area contributed by atoms with Gasteiger partial charge in [-0.3, -0.25) is 9.59 Å². The number of Topliss-reactive ketones (excluding diaryl/α,β-unsaturated/α-hetero) is 1. The van der Waals surface area contributed by atoms with Crippen molar-refractivity contribution in [1.29, 1.82) is 0 Å². The van der Waals surface area contributed by atoms with E-state index in [0.717, 1.165) is 29.3 Å². The number of carbonyl (C=O) groups excluding carboxylic acids is 3. The fourth-order valence-electron chi connectivity index (χ4n) is 4.89. The van der Waals surface area contributed by atoms with E-state index in [4.69, 9.17) is 9.84 Å². The van der Waals surface area contributed by atoms with Crippen LogP contribution in [0.25, 0.3) is 0 Å². The number of carbonyl (C=O) groups is 3. The first-order valence-corrected chi connectivity index (χ1v) is 13.4. The Kier molecular flexibility index (Phi) is 10.5. The molecular formula is C26H35IN2O6. The first-order valence-electron chi connectivity index (χ1n) is 12.3. The SMILES string of the molecule is CC(=O)CCCC(=O)N(C1CCCC1)C1CC(C(=O)NCCO)=CC(Oc2ccccc2I)C1O. The number of hydrogen-bond acceptors (Lipinski definition) is 6. The molecule has 35 heavy (non-hydrogen) atoms. The topological polar surface area (TPSA) is 116 Å². The molecule has 2 amide bonds. The van der Waals surface area contributed by atoms with Crippen LogP contribution in [0, 0.1) is 3.57 Å². The molecule has 9 heteroatoms.